The fourth-order valence-electron chi connectivity index (χ4n) is 1.53. The molecule has 2 aromatic rings. The molecule has 6 nitrogen and oxygen atoms in total. The van der Waals surface area contributed by atoms with Gasteiger partial charge in [-0.3, -0.25) is 14.8 Å². The first-order valence-electron chi connectivity index (χ1n) is 5.43. The molecule has 0 aliphatic carbocycles. The SMILES string of the molecule is Cc1ccc(NS(=O)(=O)c2cc(Cl)c(Br)s2)c([N+](=O)[O-])c1. The molecule has 0 saturated heterocycles. The summed E-state index contributed by atoms with van der Waals surface area (Å²) in [5, 5.41) is 11.3. The predicted octanol–water partition coefficient (Wildman–Crippen LogP) is 4.18. The van der Waals surface area contributed by atoms with Crippen LogP contribution < -0.4 is 4.72 Å². The first-order valence-corrected chi connectivity index (χ1v) is 8.90. The van der Waals surface area contributed by atoms with E-state index in [2.05, 4.69) is 20.7 Å². The van der Waals surface area contributed by atoms with Crippen molar-refractivity contribution in [2.24, 2.45) is 0 Å². The lowest BCUT2D eigenvalue weighted by Crippen LogP contribution is -2.12. The van der Waals surface area contributed by atoms with Crippen LogP contribution in [-0.2, 0) is 10.0 Å². The molecule has 10 heteroatoms. The molecule has 0 bridgehead atoms. The van der Waals surface area contributed by atoms with E-state index in [0.29, 0.717) is 9.35 Å². The van der Waals surface area contributed by atoms with Gasteiger partial charge in [0.05, 0.1) is 13.7 Å². The van der Waals surface area contributed by atoms with Crippen LogP contribution in [0.5, 0.6) is 0 Å². The van der Waals surface area contributed by atoms with Crippen LogP contribution in [-0.4, -0.2) is 13.3 Å². The van der Waals surface area contributed by atoms with Crippen LogP contribution in [0.2, 0.25) is 5.02 Å². The molecule has 21 heavy (non-hydrogen) atoms. The molecule has 0 fully saturated rings. The van der Waals surface area contributed by atoms with Gasteiger partial charge in [-0.2, -0.15) is 0 Å². The molecule has 112 valence electrons. The monoisotopic (exact) mass is 410 g/mol. The fraction of sp³-hybridized carbons (Fsp3) is 0.0909. The summed E-state index contributed by atoms with van der Waals surface area (Å²) in [6.45, 7) is 1.68. The Balaban J connectivity index is 2.44. The Hall–Kier alpha value is -1.16. The highest BCUT2D eigenvalue weighted by Crippen LogP contribution is 2.36. The van der Waals surface area contributed by atoms with Gasteiger partial charge in [-0.15, -0.1) is 11.3 Å². The van der Waals surface area contributed by atoms with E-state index < -0.39 is 14.9 Å². The van der Waals surface area contributed by atoms with Gasteiger partial charge in [0.15, 0.2) is 0 Å². The second-order valence-corrected chi connectivity index (χ2v) is 8.76. The van der Waals surface area contributed by atoms with Crippen molar-refractivity contribution in [1.82, 2.24) is 0 Å². The standard InChI is InChI=1S/C11H8BrClN2O4S2/c1-6-2-3-8(9(4-6)15(16)17)14-21(18,19)10-5-7(13)11(12)20-10/h2-5,14H,1H3. The van der Waals surface area contributed by atoms with Gasteiger partial charge in [0.25, 0.3) is 15.7 Å². The molecule has 1 heterocycles. The van der Waals surface area contributed by atoms with Gasteiger partial charge >= 0.3 is 0 Å². The van der Waals surface area contributed by atoms with Crippen LogP contribution in [0.1, 0.15) is 5.56 Å². The Kier molecular flexibility index (Phi) is 4.57. The molecule has 0 unspecified atom stereocenters. The van der Waals surface area contributed by atoms with E-state index >= 15 is 0 Å². The zero-order chi connectivity index (χ0) is 15.8. The highest BCUT2D eigenvalue weighted by molar-refractivity contribution is 9.11. The minimum absolute atomic E-state index is 0.0331. The Morgan fingerprint density at radius 3 is 2.57 bits per heavy atom. The maximum atomic E-state index is 12.2. The molecule has 0 saturated carbocycles. The minimum atomic E-state index is -3.93. The maximum absolute atomic E-state index is 12.2. The molecule has 0 aliphatic heterocycles. The van der Waals surface area contributed by atoms with Crippen molar-refractivity contribution in [2.75, 3.05) is 4.72 Å². The number of anilines is 1. The molecule has 0 aliphatic rings. The normalized spacial score (nSPS) is 11.4. The average molecular weight is 412 g/mol. The highest BCUT2D eigenvalue weighted by Gasteiger charge is 2.23. The second kappa shape index (κ2) is 5.91. The first-order chi connectivity index (χ1) is 9.70. The summed E-state index contributed by atoms with van der Waals surface area (Å²) in [5.74, 6) is 0. The van der Waals surface area contributed by atoms with Crippen LogP contribution in [0.4, 0.5) is 11.4 Å². The summed E-state index contributed by atoms with van der Waals surface area (Å²) < 4.78 is 27.1. The van der Waals surface area contributed by atoms with Crippen molar-refractivity contribution in [3.63, 3.8) is 0 Å². The van der Waals surface area contributed by atoms with Crippen LogP contribution in [0, 0.1) is 17.0 Å². The van der Waals surface area contributed by atoms with Gasteiger partial charge in [-0.05, 0) is 40.5 Å². The third kappa shape index (κ3) is 3.54. The predicted molar refractivity (Wildman–Crippen MR) is 85.7 cm³/mol. The lowest BCUT2D eigenvalue weighted by atomic mass is 10.2. The maximum Gasteiger partial charge on any atom is 0.293 e. The van der Waals surface area contributed by atoms with Crippen molar-refractivity contribution in [2.45, 2.75) is 11.1 Å². The van der Waals surface area contributed by atoms with Crippen molar-refractivity contribution < 1.29 is 13.3 Å². The average Bonchev–Trinajstić information content (AvgIpc) is 2.72. The Bertz CT molecular complexity index is 800. The third-order valence-corrected chi connectivity index (χ3v) is 6.80. The summed E-state index contributed by atoms with van der Waals surface area (Å²) in [6.07, 6.45) is 0. The summed E-state index contributed by atoms with van der Waals surface area (Å²) >= 11 is 9.85. The molecule has 2 rings (SSSR count). The molecular formula is C11H8BrClN2O4S2. The molecule has 0 amide bonds. The topological polar surface area (TPSA) is 89.3 Å². The number of hydrogen-bond donors (Lipinski definition) is 1. The molecule has 0 atom stereocenters. The van der Waals surface area contributed by atoms with E-state index in [9.17, 15) is 18.5 Å². The van der Waals surface area contributed by atoms with Gasteiger partial charge in [-0.1, -0.05) is 17.7 Å². The van der Waals surface area contributed by atoms with E-state index in [1.165, 1.54) is 18.2 Å². The van der Waals surface area contributed by atoms with E-state index in [4.69, 9.17) is 11.6 Å². The van der Waals surface area contributed by atoms with Crippen molar-refractivity contribution in [1.29, 1.82) is 0 Å². The van der Waals surface area contributed by atoms with Crippen molar-refractivity contribution in [3.05, 3.63) is 48.8 Å². The van der Waals surface area contributed by atoms with Gasteiger partial charge in [0.2, 0.25) is 0 Å². The number of halogens is 2. The number of rotatable bonds is 4. The zero-order valence-electron chi connectivity index (χ0n) is 10.5. The summed E-state index contributed by atoms with van der Waals surface area (Å²) in [4.78, 5) is 10.4. The van der Waals surface area contributed by atoms with E-state index in [0.717, 1.165) is 11.3 Å². The smallest absolute Gasteiger partial charge is 0.272 e. The van der Waals surface area contributed by atoms with Gasteiger partial charge < -0.3 is 0 Å². The lowest BCUT2D eigenvalue weighted by molar-refractivity contribution is -0.383. The Morgan fingerprint density at radius 1 is 1.38 bits per heavy atom. The molecule has 1 aromatic carbocycles. The number of hydrogen-bond acceptors (Lipinski definition) is 5. The number of sulfonamides is 1. The van der Waals surface area contributed by atoms with Crippen LogP contribution in [0.15, 0.2) is 32.3 Å². The third-order valence-electron chi connectivity index (χ3n) is 2.48. The Morgan fingerprint density at radius 2 is 2.05 bits per heavy atom. The van der Waals surface area contributed by atoms with Gasteiger partial charge in [0.1, 0.15) is 9.90 Å². The molecule has 1 aromatic heterocycles. The molecular weight excluding hydrogens is 404 g/mol. The lowest BCUT2D eigenvalue weighted by Gasteiger charge is -2.07. The largest absolute Gasteiger partial charge is 0.293 e. The van der Waals surface area contributed by atoms with Crippen molar-refractivity contribution >= 4 is 60.3 Å². The molecule has 0 radical (unpaired) electrons. The summed E-state index contributed by atoms with van der Waals surface area (Å²) in [7, 11) is -3.93. The fourth-order valence-corrected chi connectivity index (χ4v) is 5.01. The summed E-state index contributed by atoms with van der Waals surface area (Å²) in [5.41, 5.74) is 0.262. The number of thiophene rings is 1. The van der Waals surface area contributed by atoms with E-state index in [1.54, 1.807) is 13.0 Å². The molecule has 0 spiro atoms. The number of nitrogens with zero attached hydrogens (tertiary/aromatic N) is 1. The van der Waals surface area contributed by atoms with Gasteiger partial charge in [0, 0.05) is 6.07 Å². The van der Waals surface area contributed by atoms with Crippen molar-refractivity contribution in [3.8, 4) is 0 Å². The van der Waals surface area contributed by atoms with Gasteiger partial charge in [-0.25, -0.2) is 8.42 Å². The second-order valence-electron chi connectivity index (χ2n) is 4.07. The molecule has 1 N–H and O–H groups in total. The van der Waals surface area contributed by atoms with E-state index in [-0.39, 0.29) is 20.6 Å². The number of nitro benzene ring substituents is 1. The number of benzene rings is 1. The number of nitro groups is 1. The first kappa shape index (κ1) is 16.2. The zero-order valence-corrected chi connectivity index (χ0v) is 14.4. The Labute approximate surface area is 138 Å². The summed E-state index contributed by atoms with van der Waals surface area (Å²) in [6, 6.07) is 5.52. The highest BCUT2D eigenvalue weighted by atomic mass is 79.9. The quantitative estimate of drug-likeness (QED) is 0.603. The van der Waals surface area contributed by atoms with Crippen LogP contribution in [0.3, 0.4) is 0 Å². The minimum Gasteiger partial charge on any atom is -0.272 e. The number of aryl methyl sites for hydroxylation is 1. The van der Waals surface area contributed by atoms with Crippen LogP contribution >= 0.6 is 38.9 Å². The number of nitrogens with one attached hydrogen (secondary N) is 1. The van der Waals surface area contributed by atoms with Crippen LogP contribution in [0.25, 0.3) is 0 Å². The van der Waals surface area contributed by atoms with E-state index in [1.807, 2.05) is 0 Å².